The molecule has 1 fully saturated rings. The number of likely N-dealkylation sites (tertiary alicyclic amines) is 1. The summed E-state index contributed by atoms with van der Waals surface area (Å²) in [6.07, 6.45) is 1.57. The minimum absolute atomic E-state index is 0.134. The minimum Gasteiger partial charge on any atom is -0.481 e. The number of nitrogens with two attached hydrogens (primary N) is 1. The molecule has 0 unspecified atom stereocenters. The van der Waals surface area contributed by atoms with Crippen LogP contribution in [0.3, 0.4) is 0 Å². The van der Waals surface area contributed by atoms with Crippen LogP contribution in [-0.4, -0.2) is 76.0 Å². The Morgan fingerprint density at radius 2 is 1.72 bits per heavy atom. The lowest BCUT2D eigenvalue weighted by Crippen LogP contribution is -2.42. The number of benzene rings is 3. The summed E-state index contributed by atoms with van der Waals surface area (Å²) < 4.78 is 5.46. The molecule has 1 aliphatic rings. The molecule has 0 radical (unpaired) electrons. The van der Waals surface area contributed by atoms with Gasteiger partial charge in [0.15, 0.2) is 5.96 Å². The fourth-order valence-corrected chi connectivity index (χ4v) is 5.45. The van der Waals surface area contributed by atoms with Gasteiger partial charge in [-0.1, -0.05) is 29.8 Å². The van der Waals surface area contributed by atoms with Crippen molar-refractivity contribution < 1.29 is 34.1 Å². The van der Waals surface area contributed by atoms with E-state index in [0.29, 0.717) is 72.8 Å². The highest BCUT2D eigenvalue weighted by Crippen LogP contribution is 2.25. The molecule has 0 aliphatic carbocycles. The summed E-state index contributed by atoms with van der Waals surface area (Å²) in [4.78, 5) is 52.7. The van der Waals surface area contributed by atoms with Gasteiger partial charge in [0.05, 0.1) is 17.0 Å². The second kappa shape index (κ2) is 15.9. The van der Waals surface area contributed by atoms with Gasteiger partial charge in [0.25, 0.3) is 0 Å². The van der Waals surface area contributed by atoms with Crippen molar-refractivity contribution in [2.24, 2.45) is 11.7 Å². The maximum absolute atomic E-state index is 13.5. The van der Waals surface area contributed by atoms with E-state index in [1.807, 2.05) is 0 Å². The molecule has 3 aromatic carbocycles. The molecule has 1 saturated heterocycles. The number of carbonyl (C=O) groups is 4. The van der Waals surface area contributed by atoms with Crippen molar-refractivity contribution >= 4 is 47.1 Å². The Hall–Kier alpha value is -4.94. The van der Waals surface area contributed by atoms with Crippen molar-refractivity contribution in [3.63, 3.8) is 0 Å². The quantitative estimate of drug-likeness (QED) is 0.0772. The number of carbonyl (C=O) groups excluding carboxylic acids is 2. The largest absolute Gasteiger partial charge is 0.481 e. The minimum atomic E-state index is -1.05. The molecule has 0 saturated carbocycles. The number of esters is 1. The average molecular weight is 650 g/mol. The van der Waals surface area contributed by atoms with E-state index < -0.39 is 17.9 Å². The van der Waals surface area contributed by atoms with E-state index >= 15 is 0 Å². The Labute approximate surface area is 271 Å². The topological polar surface area (TPSA) is 186 Å². The Bertz CT molecular complexity index is 1590. The molecule has 242 valence electrons. The van der Waals surface area contributed by atoms with E-state index in [-0.39, 0.29) is 42.1 Å². The summed E-state index contributed by atoms with van der Waals surface area (Å²) in [6, 6.07) is 17.6. The van der Waals surface area contributed by atoms with Gasteiger partial charge in [-0.2, -0.15) is 0 Å². The van der Waals surface area contributed by atoms with Crippen LogP contribution < -0.4 is 15.8 Å². The monoisotopic (exact) mass is 649 g/mol. The lowest BCUT2D eigenvalue weighted by molar-refractivity contribution is -0.143. The number of carboxylic acid groups (broad SMARTS) is 2. The zero-order chi connectivity index (χ0) is 33.2. The Kier molecular flexibility index (Phi) is 11.7. The van der Waals surface area contributed by atoms with E-state index in [1.54, 1.807) is 47.4 Å². The third kappa shape index (κ3) is 9.78. The molecule has 0 spiro atoms. The second-order valence-corrected chi connectivity index (χ2v) is 11.4. The number of aliphatic carboxylic acids is 1. The van der Waals surface area contributed by atoms with Crippen molar-refractivity contribution in [3.05, 3.63) is 94.0 Å². The molecule has 3 aromatic rings. The summed E-state index contributed by atoms with van der Waals surface area (Å²) in [7, 11) is 0. The zero-order valence-electron chi connectivity index (χ0n) is 25.1. The molecule has 13 heteroatoms. The molecular formula is C33H36ClN5O7. The molecule has 1 aliphatic heterocycles. The molecule has 0 atom stereocenters. The number of nitrogens with one attached hydrogen (secondary N) is 2. The van der Waals surface area contributed by atoms with E-state index in [0.717, 1.165) is 0 Å². The molecule has 0 bridgehead atoms. The average Bonchev–Trinajstić information content (AvgIpc) is 3.02. The van der Waals surface area contributed by atoms with Gasteiger partial charge in [-0.25, -0.2) is 9.59 Å². The summed E-state index contributed by atoms with van der Waals surface area (Å²) in [5.74, 6) is -2.91. The van der Waals surface area contributed by atoms with Crippen LogP contribution in [0, 0.1) is 11.3 Å². The summed E-state index contributed by atoms with van der Waals surface area (Å²) in [6.45, 7) is 2.43. The summed E-state index contributed by atoms with van der Waals surface area (Å²) in [5.41, 5.74) is 7.67. The van der Waals surface area contributed by atoms with Gasteiger partial charge < -0.3 is 35.8 Å². The van der Waals surface area contributed by atoms with E-state index in [4.69, 9.17) is 27.5 Å². The van der Waals surface area contributed by atoms with Crippen LogP contribution in [0.2, 0.25) is 5.02 Å². The number of amides is 1. The van der Waals surface area contributed by atoms with Gasteiger partial charge in [-0.15, -0.1) is 0 Å². The van der Waals surface area contributed by atoms with Crippen LogP contribution in [-0.2, 0) is 22.6 Å². The first kappa shape index (κ1) is 33.9. The number of aryl methyl sites for hydroxylation is 1. The number of ether oxygens (including phenoxy) is 1. The van der Waals surface area contributed by atoms with Crippen molar-refractivity contribution in [1.82, 2.24) is 9.80 Å². The molecule has 6 N–H and O–H groups in total. The maximum Gasteiger partial charge on any atom is 0.343 e. The normalized spacial score (nSPS) is 13.5. The number of hydrogen-bond acceptors (Lipinski definition) is 7. The van der Waals surface area contributed by atoms with E-state index in [9.17, 15) is 29.4 Å². The Morgan fingerprint density at radius 1 is 1.00 bits per heavy atom. The van der Waals surface area contributed by atoms with Gasteiger partial charge in [-0.3, -0.25) is 15.0 Å². The Morgan fingerprint density at radius 3 is 2.35 bits per heavy atom. The third-order valence-corrected chi connectivity index (χ3v) is 8.12. The molecule has 12 nitrogen and oxygen atoms in total. The number of rotatable bonds is 13. The first-order valence-corrected chi connectivity index (χ1v) is 15.1. The molecule has 1 heterocycles. The first-order valence-electron chi connectivity index (χ1n) is 14.8. The van der Waals surface area contributed by atoms with Gasteiger partial charge in [0.2, 0.25) is 5.91 Å². The van der Waals surface area contributed by atoms with Crippen LogP contribution in [0.15, 0.2) is 66.7 Å². The lowest BCUT2D eigenvalue weighted by atomic mass is 9.97. The van der Waals surface area contributed by atoms with Gasteiger partial charge in [0, 0.05) is 36.8 Å². The number of guanidine groups is 1. The van der Waals surface area contributed by atoms with Crippen LogP contribution in [0.4, 0.5) is 5.69 Å². The fourth-order valence-electron chi connectivity index (χ4n) is 5.19. The maximum atomic E-state index is 13.5. The summed E-state index contributed by atoms with van der Waals surface area (Å²) >= 11 is 6.50. The number of nitrogens with zero attached hydrogens (tertiary/aromatic N) is 2. The highest BCUT2D eigenvalue weighted by atomic mass is 35.5. The van der Waals surface area contributed by atoms with Gasteiger partial charge in [-0.05, 0) is 92.0 Å². The van der Waals surface area contributed by atoms with Crippen molar-refractivity contribution in [2.75, 3.05) is 31.5 Å². The number of anilines is 1. The van der Waals surface area contributed by atoms with Crippen molar-refractivity contribution in [1.29, 1.82) is 5.41 Å². The standard InChI is InChI=1S/C33H36ClN5O7/c34-28-19-27(46-32(45)24-4-8-26(9-5-24)37-33(35)36)10-6-22(28)7-11-29(40)39(20-21-2-1-3-25(18-21)31(43)44)17-16-38-14-12-23(13-15-38)30(41)42/h1-6,8-10,18-19,23H,7,11-17,20H2,(H,41,42)(H,43,44)(H4,35,36,37). The van der Waals surface area contributed by atoms with E-state index in [2.05, 4.69) is 10.2 Å². The zero-order valence-corrected chi connectivity index (χ0v) is 25.8. The highest BCUT2D eigenvalue weighted by molar-refractivity contribution is 6.31. The molecule has 46 heavy (non-hydrogen) atoms. The number of halogens is 1. The van der Waals surface area contributed by atoms with Crippen LogP contribution in [0.25, 0.3) is 0 Å². The van der Waals surface area contributed by atoms with E-state index in [1.165, 1.54) is 24.3 Å². The summed E-state index contributed by atoms with van der Waals surface area (Å²) in [5, 5.41) is 28.9. The number of piperidine rings is 1. The number of aromatic carboxylic acids is 1. The predicted molar refractivity (Wildman–Crippen MR) is 172 cm³/mol. The molecule has 1 amide bonds. The molecule has 0 aromatic heterocycles. The fraction of sp³-hybridized carbons (Fsp3) is 0.303. The highest BCUT2D eigenvalue weighted by Gasteiger charge is 2.25. The lowest BCUT2D eigenvalue weighted by Gasteiger charge is -2.32. The van der Waals surface area contributed by atoms with Crippen LogP contribution in [0.5, 0.6) is 5.75 Å². The molecule has 4 rings (SSSR count). The van der Waals surface area contributed by atoms with Crippen molar-refractivity contribution in [2.45, 2.75) is 32.2 Å². The van der Waals surface area contributed by atoms with Crippen LogP contribution in [0.1, 0.15) is 51.1 Å². The first-order chi connectivity index (χ1) is 22.0. The van der Waals surface area contributed by atoms with Crippen LogP contribution >= 0.6 is 11.6 Å². The Balaban J connectivity index is 1.37. The number of carboxylic acids is 2. The predicted octanol–water partition coefficient (Wildman–Crippen LogP) is 4.32. The SMILES string of the molecule is N=C(N)Nc1ccc(C(=O)Oc2ccc(CCC(=O)N(CCN3CCC(C(=O)O)CC3)Cc3cccc(C(=O)O)c3)c(Cl)c2)cc1. The smallest absolute Gasteiger partial charge is 0.343 e. The van der Waals surface area contributed by atoms with Gasteiger partial charge >= 0.3 is 17.9 Å². The van der Waals surface area contributed by atoms with Crippen molar-refractivity contribution in [3.8, 4) is 5.75 Å². The van der Waals surface area contributed by atoms with Gasteiger partial charge in [0.1, 0.15) is 5.75 Å². The number of hydrogen-bond donors (Lipinski definition) is 5. The second-order valence-electron chi connectivity index (χ2n) is 11.0. The third-order valence-electron chi connectivity index (χ3n) is 7.77. The molecular weight excluding hydrogens is 614 g/mol.